The van der Waals surface area contributed by atoms with E-state index in [2.05, 4.69) is 4.98 Å². The van der Waals surface area contributed by atoms with Gasteiger partial charge >= 0.3 is 0 Å². The summed E-state index contributed by atoms with van der Waals surface area (Å²) in [4.78, 5) is 15.3. The predicted octanol–water partition coefficient (Wildman–Crippen LogP) is 1.63. The molecule has 1 aromatic rings. The highest BCUT2D eigenvalue weighted by atomic mass is 35.5. The van der Waals surface area contributed by atoms with Crippen molar-refractivity contribution in [2.24, 2.45) is 5.73 Å². The highest BCUT2D eigenvalue weighted by molar-refractivity contribution is 6.32. The summed E-state index contributed by atoms with van der Waals surface area (Å²) >= 11 is 5.90. The number of fused-ring (bicyclic) bond motifs is 1. The van der Waals surface area contributed by atoms with E-state index in [9.17, 15) is 4.79 Å². The Morgan fingerprint density at radius 1 is 1.43 bits per heavy atom. The topological polar surface area (TPSA) is 56.0 Å². The summed E-state index contributed by atoms with van der Waals surface area (Å²) in [6, 6.07) is 0. The average molecular weight is 211 g/mol. The minimum atomic E-state index is -0.472. The first-order valence-corrected chi connectivity index (χ1v) is 4.96. The Kier molecular flexibility index (Phi) is 2.19. The molecule has 1 aliphatic rings. The lowest BCUT2D eigenvalue weighted by Gasteiger charge is -2.09. The Balaban J connectivity index is 2.72. The number of nitrogens with two attached hydrogens (primary N) is 1. The van der Waals surface area contributed by atoms with E-state index in [1.165, 1.54) is 0 Å². The highest BCUT2D eigenvalue weighted by Gasteiger charge is 2.23. The van der Waals surface area contributed by atoms with Gasteiger partial charge in [0.2, 0.25) is 0 Å². The van der Waals surface area contributed by atoms with E-state index in [-0.39, 0.29) is 5.15 Å². The van der Waals surface area contributed by atoms with Crippen LogP contribution in [0.2, 0.25) is 5.15 Å². The van der Waals surface area contributed by atoms with Crippen LogP contribution in [0.4, 0.5) is 0 Å². The third-order valence-electron chi connectivity index (χ3n) is 2.67. The lowest BCUT2D eigenvalue weighted by atomic mass is 10.0. The average Bonchev–Trinajstić information content (AvgIpc) is 2.51. The number of aryl methyl sites for hydroxylation is 1. The van der Waals surface area contributed by atoms with Crippen LogP contribution in [0.15, 0.2) is 0 Å². The van der Waals surface area contributed by atoms with Gasteiger partial charge < -0.3 is 5.73 Å². The maximum Gasteiger partial charge on any atom is 0.252 e. The molecule has 3 nitrogen and oxygen atoms in total. The molecule has 0 radical (unpaired) electrons. The fourth-order valence-corrected chi connectivity index (χ4v) is 2.40. The molecular formula is C10H11ClN2O. The third kappa shape index (κ3) is 1.28. The van der Waals surface area contributed by atoms with E-state index in [0.29, 0.717) is 5.56 Å². The van der Waals surface area contributed by atoms with Crippen molar-refractivity contribution < 1.29 is 4.79 Å². The van der Waals surface area contributed by atoms with Gasteiger partial charge in [0.1, 0.15) is 5.15 Å². The minimum absolute atomic E-state index is 0.246. The second kappa shape index (κ2) is 3.24. The molecule has 0 fully saturated rings. The monoisotopic (exact) mass is 210 g/mol. The van der Waals surface area contributed by atoms with Crippen LogP contribution >= 0.6 is 11.6 Å². The first-order chi connectivity index (χ1) is 6.61. The number of pyridine rings is 1. The van der Waals surface area contributed by atoms with Crippen molar-refractivity contribution in [3.05, 3.63) is 27.5 Å². The Morgan fingerprint density at radius 3 is 2.71 bits per heavy atom. The summed E-state index contributed by atoms with van der Waals surface area (Å²) in [5.74, 6) is -0.472. The first-order valence-electron chi connectivity index (χ1n) is 4.59. The van der Waals surface area contributed by atoms with Crippen LogP contribution in [0.5, 0.6) is 0 Å². The Bertz CT molecular complexity index is 415. The summed E-state index contributed by atoms with van der Waals surface area (Å²) < 4.78 is 0. The molecule has 0 aromatic carbocycles. The summed E-state index contributed by atoms with van der Waals surface area (Å²) in [5, 5.41) is 0.246. The zero-order valence-electron chi connectivity index (χ0n) is 7.93. The van der Waals surface area contributed by atoms with E-state index < -0.39 is 5.91 Å². The summed E-state index contributed by atoms with van der Waals surface area (Å²) in [5.41, 5.74) is 8.78. The van der Waals surface area contributed by atoms with Gasteiger partial charge in [0.25, 0.3) is 5.91 Å². The quantitative estimate of drug-likeness (QED) is 0.717. The molecule has 0 bridgehead atoms. The Morgan fingerprint density at radius 2 is 2.07 bits per heavy atom. The Labute approximate surface area is 87.3 Å². The van der Waals surface area contributed by atoms with Crippen LogP contribution < -0.4 is 5.73 Å². The largest absolute Gasteiger partial charge is 0.365 e. The van der Waals surface area contributed by atoms with E-state index in [1.807, 2.05) is 6.92 Å². The molecule has 4 heteroatoms. The maximum atomic E-state index is 11.2. The van der Waals surface area contributed by atoms with Gasteiger partial charge in [-0.05, 0) is 37.3 Å². The zero-order chi connectivity index (χ0) is 10.3. The summed E-state index contributed by atoms with van der Waals surface area (Å²) in [7, 11) is 0. The fraction of sp³-hybridized carbons (Fsp3) is 0.400. The van der Waals surface area contributed by atoms with Gasteiger partial charge in [-0.3, -0.25) is 4.79 Å². The Hall–Kier alpha value is -1.09. The number of hydrogen-bond acceptors (Lipinski definition) is 2. The van der Waals surface area contributed by atoms with Gasteiger partial charge in [-0.15, -0.1) is 0 Å². The molecule has 1 aromatic heterocycles. The van der Waals surface area contributed by atoms with Crippen LogP contribution in [0.1, 0.15) is 33.6 Å². The number of aromatic nitrogens is 1. The van der Waals surface area contributed by atoms with Gasteiger partial charge in [-0.25, -0.2) is 4.98 Å². The number of amides is 1. The molecule has 0 unspecified atom stereocenters. The number of carbonyl (C=O) groups excluding carboxylic acids is 1. The first kappa shape index (κ1) is 9.46. The van der Waals surface area contributed by atoms with Crippen LogP contribution in [0.25, 0.3) is 0 Å². The molecule has 74 valence electrons. The van der Waals surface area contributed by atoms with Gasteiger partial charge in [0.05, 0.1) is 5.56 Å². The minimum Gasteiger partial charge on any atom is -0.365 e. The molecule has 1 aliphatic carbocycles. The van der Waals surface area contributed by atoms with Crippen molar-refractivity contribution in [2.75, 3.05) is 0 Å². The smallest absolute Gasteiger partial charge is 0.252 e. The van der Waals surface area contributed by atoms with Gasteiger partial charge in [-0.2, -0.15) is 0 Å². The van der Waals surface area contributed by atoms with Crippen molar-refractivity contribution in [3.8, 4) is 0 Å². The number of halogens is 1. The molecule has 0 saturated heterocycles. The molecular weight excluding hydrogens is 200 g/mol. The SMILES string of the molecule is Cc1nc(Cl)c(C(N)=O)c2c1CCC2. The molecule has 1 heterocycles. The summed E-state index contributed by atoms with van der Waals surface area (Å²) in [6.45, 7) is 1.92. The molecule has 14 heavy (non-hydrogen) atoms. The second-order valence-electron chi connectivity index (χ2n) is 3.54. The summed E-state index contributed by atoms with van der Waals surface area (Å²) in [6.07, 6.45) is 2.92. The number of primary amides is 1. The molecule has 0 spiro atoms. The highest BCUT2D eigenvalue weighted by Crippen LogP contribution is 2.30. The molecule has 2 N–H and O–H groups in total. The van der Waals surface area contributed by atoms with Crippen LogP contribution in [0.3, 0.4) is 0 Å². The van der Waals surface area contributed by atoms with Gasteiger partial charge in [0.15, 0.2) is 0 Å². The lowest BCUT2D eigenvalue weighted by Crippen LogP contribution is -2.16. The van der Waals surface area contributed by atoms with Crippen molar-refractivity contribution >= 4 is 17.5 Å². The van der Waals surface area contributed by atoms with Crippen molar-refractivity contribution in [1.29, 1.82) is 0 Å². The maximum absolute atomic E-state index is 11.2. The van der Waals surface area contributed by atoms with E-state index in [1.54, 1.807) is 0 Å². The van der Waals surface area contributed by atoms with Crippen LogP contribution in [-0.2, 0) is 12.8 Å². The van der Waals surface area contributed by atoms with E-state index in [4.69, 9.17) is 17.3 Å². The number of nitrogens with zero attached hydrogens (tertiary/aromatic N) is 1. The van der Waals surface area contributed by atoms with E-state index in [0.717, 1.165) is 36.1 Å². The van der Waals surface area contributed by atoms with Crippen molar-refractivity contribution in [2.45, 2.75) is 26.2 Å². The molecule has 0 atom stereocenters. The fourth-order valence-electron chi connectivity index (χ4n) is 2.06. The molecule has 0 saturated carbocycles. The number of hydrogen-bond donors (Lipinski definition) is 1. The zero-order valence-corrected chi connectivity index (χ0v) is 8.69. The number of rotatable bonds is 1. The van der Waals surface area contributed by atoms with Crippen LogP contribution in [-0.4, -0.2) is 10.9 Å². The normalized spacial score (nSPS) is 14.1. The molecule has 2 rings (SSSR count). The molecule has 1 amide bonds. The van der Waals surface area contributed by atoms with Crippen molar-refractivity contribution in [3.63, 3.8) is 0 Å². The standard InChI is InChI=1S/C10H11ClN2O/c1-5-6-3-2-4-7(6)8(10(12)14)9(11)13-5/h2-4H2,1H3,(H2,12,14). The van der Waals surface area contributed by atoms with Gasteiger partial charge in [0, 0.05) is 5.69 Å². The predicted molar refractivity (Wildman–Crippen MR) is 54.5 cm³/mol. The molecule has 0 aliphatic heterocycles. The second-order valence-corrected chi connectivity index (χ2v) is 3.90. The van der Waals surface area contributed by atoms with Crippen molar-refractivity contribution in [1.82, 2.24) is 4.98 Å². The van der Waals surface area contributed by atoms with Crippen LogP contribution in [0, 0.1) is 6.92 Å². The van der Waals surface area contributed by atoms with E-state index >= 15 is 0 Å². The third-order valence-corrected chi connectivity index (χ3v) is 2.95. The number of carbonyl (C=O) groups is 1. The van der Waals surface area contributed by atoms with Gasteiger partial charge in [-0.1, -0.05) is 11.6 Å². The lowest BCUT2D eigenvalue weighted by molar-refractivity contribution is 0.0999.